The normalized spacial score (nSPS) is 11.6. The summed E-state index contributed by atoms with van der Waals surface area (Å²) in [6.07, 6.45) is -0.798. The van der Waals surface area contributed by atoms with Crippen LogP contribution in [-0.2, 0) is 9.53 Å². The maximum atomic E-state index is 12.2. The summed E-state index contributed by atoms with van der Waals surface area (Å²) in [6.45, 7) is 1.71. The number of ether oxygens (including phenoxy) is 1. The molecule has 1 amide bonds. The molecule has 9 heteroatoms. The SMILES string of the molecule is C[C@@H](OC(=O)c1cc2cc([N+](=O)[O-])ccc2s1)C(=O)N(C)CCC#N. The van der Waals surface area contributed by atoms with Crippen LogP contribution in [0.4, 0.5) is 5.69 Å². The standard InChI is InChI=1S/C16H15N3O5S/c1-10(15(20)18(2)7-3-6-17)24-16(21)14-9-11-8-12(19(22)23)4-5-13(11)25-14/h4-5,8-10H,3,7H2,1-2H3/t10-/m1/s1. The van der Waals surface area contributed by atoms with E-state index in [0.717, 1.165) is 11.3 Å². The number of carbonyl (C=O) groups is 2. The Morgan fingerprint density at radius 1 is 1.44 bits per heavy atom. The molecule has 0 saturated heterocycles. The molecule has 1 aromatic carbocycles. The average molecular weight is 361 g/mol. The van der Waals surface area contributed by atoms with Gasteiger partial charge in [0.1, 0.15) is 4.88 Å². The molecule has 0 spiro atoms. The summed E-state index contributed by atoms with van der Waals surface area (Å²) in [6, 6.07) is 7.76. The summed E-state index contributed by atoms with van der Waals surface area (Å²) in [5.74, 6) is -1.07. The van der Waals surface area contributed by atoms with Crippen LogP contribution in [0.25, 0.3) is 10.1 Å². The molecule has 2 rings (SSSR count). The van der Waals surface area contributed by atoms with Gasteiger partial charge in [-0.1, -0.05) is 0 Å². The van der Waals surface area contributed by atoms with Crippen molar-refractivity contribution in [2.24, 2.45) is 0 Å². The van der Waals surface area contributed by atoms with E-state index in [1.54, 1.807) is 6.07 Å². The van der Waals surface area contributed by atoms with Gasteiger partial charge in [-0.05, 0) is 19.1 Å². The van der Waals surface area contributed by atoms with E-state index in [0.29, 0.717) is 10.1 Å². The Balaban J connectivity index is 2.10. The van der Waals surface area contributed by atoms with Crippen molar-refractivity contribution in [2.45, 2.75) is 19.4 Å². The number of nitriles is 1. The molecule has 0 saturated carbocycles. The zero-order chi connectivity index (χ0) is 18.6. The number of benzene rings is 1. The van der Waals surface area contributed by atoms with Crippen LogP contribution < -0.4 is 0 Å². The molecule has 2 aromatic rings. The largest absolute Gasteiger partial charge is 0.448 e. The van der Waals surface area contributed by atoms with E-state index < -0.39 is 22.9 Å². The number of hydrogen-bond donors (Lipinski definition) is 0. The van der Waals surface area contributed by atoms with Crippen molar-refractivity contribution in [3.63, 3.8) is 0 Å². The molecule has 0 aliphatic rings. The zero-order valence-electron chi connectivity index (χ0n) is 13.6. The number of nitrogens with zero attached hydrogens (tertiary/aromatic N) is 3. The van der Waals surface area contributed by atoms with Gasteiger partial charge < -0.3 is 9.64 Å². The molecule has 0 radical (unpaired) electrons. The molecule has 25 heavy (non-hydrogen) atoms. The highest BCUT2D eigenvalue weighted by Gasteiger charge is 2.23. The van der Waals surface area contributed by atoms with Gasteiger partial charge in [0, 0.05) is 35.8 Å². The summed E-state index contributed by atoms with van der Waals surface area (Å²) in [7, 11) is 1.53. The summed E-state index contributed by atoms with van der Waals surface area (Å²) < 4.78 is 5.88. The van der Waals surface area contributed by atoms with Gasteiger partial charge in [-0.3, -0.25) is 14.9 Å². The van der Waals surface area contributed by atoms with Crippen LogP contribution in [0.2, 0.25) is 0 Å². The summed E-state index contributed by atoms with van der Waals surface area (Å²) >= 11 is 1.14. The molecular formula is C16H15N3O5S. The Bertz CT molecular complexity index is 870. The number of thiophene rings is 1. The van der Waals surface area contributed by atoms with Gasteiger partial charge in [0.15, 0.2) is 6.10 Å². The number of nitro benzene ring substituents is 1. The Kier molecular flexibility index (Phi) is 5.67. The number of esters is 1. The van der Waals surface area contributed by atoms with E-state index in [1.807, 2.05) is 6.07 Å². The second-order valence-electron chi connectivity index (χ2n) is 5.31. The molecule has 8 nitrogen and oxygen atoms in total. The van der Waals surface area contributed by atoms with Crippen molar-refractivity contribution in [1.29, 1.82) is 5.26 Å². The minimum absolute atomic E-state index is 0.0621. The molecule has 0 aliphatic heterocycles. The van der Waals surface area contributed by atoms with E-state index in [9.17, 15) is 19.7 Å². The van der Waals surface area contributed by atoms with Gasteiger partial charge in [0.25, 0.3) is 11.6 Å². The lowest BCUT2D eigenvalue weighted by atomic mass is 10.2. The summed E-state index contributed by atoms with van der Waals surface area (Å²) in [4.78, 5) is 36.2. The number of fused-ring (bicyclic) bond motifs is 1. The molecule has 0 fully saturated rings. The fourth-order valence-corrected chi connectivity index (χ4v) is 3.08. The summed E-state index contributed by atoms with van der Waals surface area (Å²) in [5, 5.41) is 19.9. The van der Waals surface area contributed by atoms with Gasteiger partial charge in [0.05, 0.1) is 17.4 Å². The number of likely N-dealkylation sites (N-methyl/N-ethyl adjacent to an activating group) is 1. The highest BCUT2D eigenvalue weighted by molar-refractivity contribution is 7.20. The van der Waals surface area contributed by atoms with Gasteiger partial charge in [-0.15, -0.1) is 11.3 Å². The van der Waals surface area contributed by atoms with Crippen molar-refractivity contribution in [3.05, 3.63) is 39.3 Å². The molecular weight excluding hydrogens is 346 g/mol. The quantitative estimate of drug-likeness (QED) is 0.444. The van der Waals surface area contributed by atoms with Crippen molar-refractivity contribution < 1.29 is 19.2 Å². The van der Waals surface area contributed by atoms with Crippen molar-refractivity contribution in [2.75, 3.05) is 13.6 Å². The minimum Gasteiger partial charge on any atom is -0.448 e. The van der Waals surface area contributed by atoms with E-state index in [2.05, 4.69) is 0 Å². The number of nitro groups is 1. The van der Waals surface area contributed by atoms with Gasteiger partial charge in [-0.25, -0.2) is 4.79 Å². The number of amides is 1. The third-order valence-electron chi connectivity index (χ3n) is 3.48. The van der Waals surface area contributed by atoms with Crippen LogP contribution in [0.15, 0.2) is 24.3 Å². The Morgan fingerprint density at radius 2 is 2.16 bits per heavy atom. The van der Waals surface area contributed by atoms with Crippen LogP contribution in [0.5, 0.6) is 0 Å². The van der Waals surface area contributed by atoms with Crippen LogP contribution in [0, 0.1) is 21.4 Å². The molecule has 0 unspecified atom stereocenters. The predicted octanol–water partition coefficient (Wildman–Crippen LogP) is 2.73. The maximum absolute atomic E-state index is 12.2. The van der Waals surface area contributed by atoms with E-state index in [4.69, 9.17) is 10.00 Å². The first kappa shape index (κ1) is 18.4. The smallest absolute Gasteiger partial charge is 0.349 e. The number of hydrogen-bond acceptors (Lipinski definition) is 7. The molecule has 0 bridgehead atoms. The lowest BCUT2D eigenvalue weighted by molar-refractivity contribution is -0.384. The lowest BCUT2D eigenvalue weighted by Gasteiger charge is -2.20. The topological polar surface area (TPSA) is 114 Å². The van der Waals surface area contributed by atoms with Crippen LogP contribution in [-0.4, -0.2) is 41.4 Å². The first-order chi connectivity index (χ1) is 11.8. The Labute approximate surface area is 147 Å². The fourth-order valence-electron chi connectivity index (χ4n) is 2.15. The molecule has 1 heterocycles. The molecule has 130 valence electrons. The first-order valence-corrected chi connectivity index (χ1v) is 8.16. The monoisotopic (exact) mass is 361 g/mol. The fraction of sp³-hybridized carbons (Fsp3) is 0.312. The Morgan fingerprint density at radius 3 is 2.80 bits per heavy atom. The van der Waals surface area contributed by atoms with Crippen molar-refractivity contribution in [3.8, 4) is 6.07 Å². The van der Waals surface area contributed by atoms with Crippen LogP contribution >= 0.6 is 11.3 Å². The zero-order valence-corrected chi connectivity index (χ0v) is 14.4. The summed E-state index contributed by atoms with van der Waals surface area (Å²) in [5.41, 5.74) is -0.0621. The van der Waals surface area contributed by atoms with E-state index in [-0.39, 0.29) is 23.5 Å². The average Bonchev–Trinajstić information content (AvgIpc) is 3.02. The highest BCUT2D eigenvalue weighted by atomic mass is 32.1. The van der Waals surface area contributed by atoms with Gasteiger partial charge >= 0.3 is 5.97 Å². The minimum atomic E-state index is -0.990. The van der Waals surface area contributed by atoms with E-state index in [1.165, 1.54) is 37.1 Å². The van der Waals surface area contributed by atoms with Gasteiger partial charge in [0.2, 0.25) is 0 Å². The molecule has 1 atom stereocenters. The van der Waals surface area contributed by atoms with Crippen LogP contribution in [0.3, 0.4) is 0 Å². The number of rotatable bonds is 6. The Hall–Kier alpha value is -2.99. The van der Waals surface area contributed by atoms with Crippen molar-refractivity contribution >= 4 is 39.0 Å². The maximum Gasteiger partial charge on any atom is 0.349 e. The second kappa shape index (κ2) is 7.72. The molecule has 1 aromatic heterocycles. The molecule has 0 N–H and O–H groups in total. The van der Waals surface area contributed by atoms with E-state index >= 15 is 0 Å². The van der Waals surface area contributed by atoms with Crippen LogP contribution in [0.1, 0.15) is 23.0 Å². The van der Waals surface area contributed by atoms with Crippen molar-refractivity contribution in [1.82, 2.24) is 4.90 Å². The predicted molar refractivity (Wildman–Crippen MR) is 91.2 cm³/mol. The lowest BCUT2D eigenvalue weighted by Crippen LogP contribution is -2.37. The number of carbonyl (C=O) groups excluding carboxylic acids is 2. The molecule has 0 aliphatic carbocycles. The third-order valence-corrected chi connectivity index (χ3v) is 4.57. The second-order valence-corrected chi connectivity index (χ2v) is 6.39. The third kappa shape index (κ3) is 4.30. The van der Waals surface area contributed by atoms with Gasteiger partial charge in [-0.2, -0.15) is 5.26 Å². The number of non-ortho nitro benzene ring substituents is 1. The first-order valence-electron chi connectivity index (χ1n) is 7.34. The highest BCUT2D eigenvalue weighted by Crippen LogP contribution is 2.29.